The summed E-state index contributed by atoms with van der Waals surface area (Å²) in [6.07, 6.45) is 6.63. The predicted octanol–water partition coefficient (Wildman–Crippen LogP) is 1.31. The molecule has 0 aliphatic heterocycles. The fraction of sp³-hybridized carbons (Fsp3) is 0.389. The van der Waals surface area contributed by atoms with Crippen LogP contribution in [0.1, 0.15) is 30.9 Å². The average molecular weight is 380 g/mol. The van der Waals surface area contributed by atoms with Crippen molar-refractivity contribution < 1.29 is 5.11 Å². The van der Waals surface area contributed by atoms with Crippen LogP contribution >= 0.6 is 0 Å². The van der Waals surface area contributed by atoms with Gasteiger partial charge < -0.3 is 10.4 Å². The first-order valence-corrected chi connectivity index (χ1v) is 9.20. The Kier molecular flexibility index (Phi) is 3.69. The second-order valence-electron chi connectivity index (χ2n) is 7.29. The van der Waals surface area contributed by atoms with E-state index in [-0.39, 0.29) is 17.8 Å². The molecule has 0 radical (unpaired) electrons. The second kappa shape index (κ2) is 6.13. The van der Waals surface area contributed by atoms with Gasteiger partial charge in [0.1, 0.15) is 11.8 Å². The topological polar surface area (TPSA) is 115 Å². The summed E-state index contributed by atoms with van der Waals surface area (Å²) in [6, 6.07) is 1.87. The van der Waals surface area contributed by atoms with E-state index in [1.807, 2.05) is 19.2 Å². The first-order valence-electron chi connectivity index (χ1n) is 9.20. The summed E-state index contributed by atoms with van der Waals surface area (Å²) in [4.78, 5) is 25.9. The molecule has 1 aliphatic rings. The maximum Gasteiger partial charge on any atom is 0.330 e. The third-order valence-electron chi connectivity index (χ3n) is 5.44. The zero-order valence-electron chi connectivity index (χ0n) is 15.6. The van der Waals surface area contributed by atoms with E-state index in [0.717, 1.165) is 23.3 Å². The lowest BCUT2D eigenvalue weighted by Crippen LogP contribution is -2.25. The molecule has 5 rings (SSSR count). The largest absolute Gasteiger partial charge is 0.393 e. The van der Waals surface area contributed by atoms with E-state index in [4.69, 9.17) is 0 Å². The standard InChI is InChI=1S/C18H20N8O2/c1-10-5-15-20-9-21-25(15)8-13(10)22-17-19-7-14-16(23-17)26(18(28)24(14)2)11-3-4-12(27)6-11/h5,7-9,11-12,27H,3-4,6H2,1-2H3,(H,19,22,23)/t11?,12-/m1/s1. The van der Waals surface area contributed by atoms with Crippen molar-refractivity contribution in [2.24, 2.45) is 7.05 Å². The Morgan fingerprint density at radius 2 is 2.14 bits per heavy atom. The molecule has 1 fully saturated rings. The average Bonchev–Trinajstić information content (AvgIpc) is 3.35. The lowest BCUT2D eigenvalue weighted by molar-refractivity contribution is 0.178. The number of nitrogens with one attached hydrogen (secondary N) is 1. The third-order valence-corrected chi connectivity index (χ3v) is 5.44. The monoisotopic (exact) mass is 380 g/mol. The molecule has 1 unspecified atom stereocenters. The zero-order valence-corrected chi connectivity index (χ0v) is 15.6. The number of aromatic nitrogens is 7. The van der Waals surface area contributed by atoms with E-state index in [1.165, 1.54) is 6.33 Å². The Labute approximate surface area is 159 Å². The predicted molar refractivity (Wildman–Crippen MR) is 103 cm³/mol. The van der Waals surface area contributed by atoms with Crippen LogP contribution in [0.25, 0.3) is 16.8 Å². The van der Waals surface area contributed by atoms with Gasteiger partial charge in [-0.1, -0.05) is 0 Å². The number of pyridine rings is 1. The Hall–Kier alpha value is -3.27. The molecule has 4 heterocycles. The van der Waals surface area contributed by atoms with Crippen molar-refractivity contribution in [2.75, 3.05) is 5.32 Å². The van der Waals surface area contributed by atoms with E-state index in [1.54, 1.807) is 26.9 Å². The minimum absolute atomic E-state index is 0.0535. The van der Waals surface area contributed by atoms with Gasteiger partial charge in [0.2, 0.25) is 5.95 Å². The molecule has 4 aromatic rings. The van der Waals surface area contributed by atoms with E-state index in [0.29, 0.717) is 30.0 Å². The van der Waals surface area contributed by atoms with Gasteiger partial charge in [0.05, 0.1) is 24.2 Å². The molecule has 1 saturated carbocycles. The van der Waals surface area contributed by atoms with Crippen molar-refractivity contribution >= 4 is 28.4 Å². The van der Waals surface area contributed by atoms with Crippen LogP contribution in [0, 0.1) is 6.92 Å². The van der Waals surface area contributed by atoms with Crippen LogP contribution in [-0.4, -0.2) is 44.9 Å². The smallest absolute Gasteiger partial charge is 0.330 e. The maximum atomic E-state index is 12.8. The van der Waals surface area contributed by atoms with Crippen LogP contribution in [0.4, 0.5) is 11.6 Å². The van der Waals surface area contributed by atoms with Gasteiger partial charge in [-0.05, 0) is 37.8 Å². The molecule has 2 atom stereocenters. The molecule has 0 spiro atoms. The SMILES string of the molecule is Cc1cc2ncnn2cc1Nc1ncc2c(n1)n(C1CC[C@@H](O)C1)c(=O)n2C. The molecule has 0 saturated heterocycles. The van der Waals surface area contributed by atoms with Crippen LogP contribution in [0.15, 0.2) is 29.6 Å². The number of rotatable bonds is 3. The van der Waals surface area contributed by atoms with Crippen LogP contribution in [0.5, 0.6) is 0 Å². The van der Waals surface area contributed by atoms with Crippen molar-refractivity contribution in [3.8, 4) is 0 Å². The molecule has 28 heavy (non-hydrogen) atoms. The lowest BCUT2D eigenvalue weighted by Gasteiger charge is -2.12. The number of imidazole rings is 1. The molecule has 0 aromatic carbocycles. The van der Waals surface area contributed by atoms with E-state index in [2.05, 4.69) is 25.4 Å². The van der Waals surface area contributed by atoms with Gasteiger partial charge in [-0.25, -0.2) is 19.3 Å². The summed E-state index contributed by atoms with van der Waals surface area (Å²) in [5.74, 6) is 0.396. The summed E-state index contributed by atoms with van der Waals surface area (Å²) in [7, 11) is 1.71. The molecule has 10 heteroatoms. The highest BCUT2D eigenvalue weighted by Crippen LogP contribution is 2.31. The fourth-order valence-corrected chi connectivity index (χ4v) is 3.90. The number of nitrogens with zero attached hydrogens (tertiary/aromatic N) is 7. The van der Waals surface area contributed by atoms with Gasteiger partial charge in [0.25, 0.3) is 0 Å². The highest BCUT2D eigenvalue weighted by atomic mass is 16.3. The van der Waals surface area contributed by atoms with Crippen molar-refractivity contribution in [1.82, 2.24) is 33.7 Å². The lowest BCUT2D eigenvalue weighted by atomic mass is 10.2. The number of aryl methyl sites for hydroxylation is 2. The zero-order chi connectivity index (χ0) is 19.4. The van der Waals surface area contributed by atoms with Crippen LogP contribution < -0.4 is 11.0 Å². The summed E-state index contributed by atoms with van der Waals surface area (Å²) < 4.78 is 4.91. The van der Waals surface area contributed by atoms with E-state index >= 15 is 0 Å². The number of fused-ring (bicyclic) bond motifs is 2. The summed E-state index contributed by atoms with van der Waals surface area (Å²) in [6.45, 7) is 1.97. The Balaban J connectivity index is 1.59. The molecular formula is C18H20N8O2. The highest BCUT2D eigenvalue weighted by Gasteiger charge is 2.28. The molecule has 4 aromatic heterocycles. The van der Waals surface area contributed by atoms with Gasteiger partial charge in [-0.3, -0.25) is 9.13 Å². The Morgan fingerprint density at radius 1 is 1.29 bits per heavy atom. The Morgan fingerprint density at radius 3 is 2.93 bits per heavy atom. The van der Waals surface area contributed by atoms with Crippen LogP contribution in [0.3, 0.4) is 0 Å². The van der Waals surface area contributed by atoms with Gasteiger partial charge >= 0.3 is 5.69 Å². The maximum absolute atomic E-state index is 12.8. The van der Waals surface area contributed by atoms with Crippen molar-refractivity contribution in [2.45, 2.75) is 38.3 Å². The number of aliphatic hydroxyl groups is 1. The molecule has 0 amide bonds. The summed E-state index contributed by atoms with van der Waals surface area (Å²) in [5, 5.41) is 17.3. The van der Waals surface area contributed by atoms with Crippen LogP contribution in [0.2, 0.25) is 0 Å². The van der Waals surface area contributed by atoms with Gasteiger partial charge in [-0.15, -0.1) is 0 Å². The van der Waals surface area contributed by atoms with Crippen molar-refractivity contribution in [1.29, 1.82) is 0 Å². The highest BCUT2D eigenvalue weighted by molar-refractivity contribution is 5.73. The number of hydrogen-bond acceptors (Lipinski definition) is 7. The van der Waals surface area contributed by atoms with Gasteiger partial charge in [0, 0.05) is 13.1 Å². The minimum atomic E-state index is -0.372. The van der Waals surface area contributed by atoms with Gasteiger partial charge in [0.15, 0.2) is 11.3 Å². The Bertz CT molecular complexity index is 1250. The molecule has 0 bridgehead atoms. The number of aliphatic hydroxyl groups excluding tert-OH is 1. The number of hydrogen-bond donors (Lipinski definition) is 2. The fourth-order valence-electron chi connectivity index (χ4n) is 3.90. The molecule has 1 aliphatic carbocycles. The van der Waals surface area contributed by atoms with Crippen LogP contribution in [-0.2, 0) is 7.05 Å². The normalized spacial score (nSPS) is 19.7. The van der Waals surface area contributed by atoms with E-state index < -0.39 is 0 Å². The molecular weight excluding hydrogens is 360 g/mol. The first kappa shape index (κ1) is 16.9. The van der Waals surface area contributed by atoms with Crippen molar-refractivity contribution in [3.63, 3.8) is 0 Å². The molecule has 10 nitrogen and oxygen atoms in total. The van der Waals surface area contributed by atoms with E-state index in [9.17, 15) is 9.90 Å². The third kappa shape index (κ3) is 2.56. The second-order valence-corrected chi connectivity index (χ2v) is 7.29. The first-order chi connectivity index (χ1) is 13.5. The quantitative estimate of drug-likeness (QED) is 0.550. The summed E-state index contributed by atoms with van der Waals surface area (Å²) in [5.41, 5.74) is 3.65. The number of anilines is 2. The molecule has 144 valence electrons. The van der Waals surface area contributed by atoms with Crippen molar-refractivity contribution in [3.05, 3.63) is 40.8 Å². The summed E-state index contributed by atoms with van der Waals surface area (Å²) >= 11 is 0. The van der Waals surface area contributed by atoms with Gasteiger partial charge in [-0.2, -0.15) is 10.1 Å². The molecule has 2 N–H and O–H groups in total. The minimum Gasteiger partial charge on any atom is -0.393 e.